The Kier molecular flexibility index (Phi) is 9.14. The minimum absolute atomic E-state index is 0.0182. The van der Waals surface area contributed by atoms with Crippen LogP contribution < -0.4 is 4.74 Å². The maximum Gasteiger partial charge on any atom is 0.204 e. The van der Waals surface area contributed by atoms with Gasteiger partial charge in [0.15, 0.2) is 0 Å². The summed E-state index contributed by atoms with van der Waals surface area (Å²) < 4.78 is 21.7. The lowest BCUT2D eigenvalue weighted by Crippen LogP contribution is -2.04. The molecular formula is C22H31N5O5. The summed E-state index contributed by atoms with van der Waals surface area (Å²) in [5, 5.41) is 24.9. The van der Waals surface area contributed by atoms with Crippen molar-refractivity contribution < 1.29 is 23.8 Å². The zero-order valence-electron chi connectivity index (χ0n) is 18.9. The molecule has 32 heavy (non-hydrogen) atoms. The highest BCUT2D eigenvalue weighted by Crippen LogP contribution is 2.28. The highest BCUT2D eigenvalue weighted by atomic mass is 16.7. The number of nitrogens with zero attached hydrogens (tertiary/aromatic N) is 5. The fourth-order valence-electron chi connectivity index (χ4n) is 3.33. The SMILES string of the molecule is Cc1cc(-c2nnn(C)n2)cc(C)c1OCCCCCc1cc(COCOCCO)no1. The second-order valence-electron chi connectivity index (χ2n) is 7.58. The molecule has 10 heteroatoms. The Morgan fingerprint density at radius 2 is 1.84 bits per heavy atom. The number of benzene rings is 1. The molecule has 1 aromatic carbocycles. The summed E-state index contributed by atoms with van der Waals surface area (Å²) in [4.78, 5) is 1.45. The summed E-state index contributed by atoms with van der Waals surface area (Å²) >= 11 is 0. The summed E-state index contributed by atoms with van der Waals surface area (Å²) in [5.41, 5.74) is 3.80. The monoisotopic (exact) mass is 445 g/mol. The van der Waals surface area contributed by atoms with Crippen LogP contribution in [0, 0.1) is 13.8 Å². The van der Waals surface area contributed by atoms with E-state index in [1.165, 1.54) is 4.80 Å². The van der Waals surface area contributed by atoms with Gasteiger partial charge in [0.1, 0.15) is 24.0 Å². The highest BCUT2D eigenvalue weighted by molar-refractivity contribution is 5.60. The molecule has 0 atom stereocenters. The van der Waals surface area contributed by atoms with Crippen LogP contribution in [0.4, 0.5) is 0 Å². The average molecular weight is 446 g/mol. The zero-order chi connectivity index (χ0) is 22.8. The van der Waals surface area contributed by atoms with Gasteiger partial charge in [0, 0.05) is 18.1 Å². The van der Waals surface area contributed by atoms with Crippen molar-refractivity contribution >= 4 is 0 Å². The maximum absolute atomic E-state index is 8.63. The van der Waals surface area contributed by atoms with Gasteiger partial charge in [-0.05, 0) is 61.6 Å². The van der Waals surface area contributed by atoms with E-state index in [1.54, 1.807) is 7.05 Å². The predicted octanol–water partition coefficient (Wildman–Crippen LogP) is 2.76. The first-order valence-corrected chi connectivity index (χ1v) is 10.8. The van der Waals surface area contributed by atoms with Crippen molar-refractivity contribution in [3.05, 3.63) is 40.8 Å². The second-order valence-corrected chi connectivity index (χ2v) is 7.58. The normalized spacial score (nSPS) is 11.2. The van der Waals surface area contributed by atoms with Crippen molar-refractivity contribution in [2.24, 2.45) is 7.05 Å². The fourth-order valence-corrected chi connectivity index (χ4v) is 3.33. The summed E-state index contributed by atoms with van der Waals surface area (Å²) in [5.74, 6) is 2.38. The van der Waals surface area contributed by atoms with Gasteiger partial charge in [0.05, 0.1) is 33.5 Å². The number of ether oxygens (including phenoxy) is 3. The lowest BCUT2D eigenvalue weighted by Gasteiger charge is -2.13. The smallest absolute Gasteiger partial charge is 0.204 e. The predicted molar refractivity (Wildman–Crippen MR) is 116 cm³/mol. The minimum atomic E-state index is -0.0182. The molecule has 0 fully saturated rings. The van der Waals surface area contributed by atoms with Crippen molar-refractivity contribution in [1.29, 1.82) is 0 Å². The lowest BCUT2D eigenvalue weighted by atomic mass is 10.1. The number of aliphatic hydroxyl groups excluding tert-OH is 1. The van der Waals surface area contributed by atoms with Crippen molar-refractivity contribution in [3.8, 4) is 17.1 Å². The molecule has 0 bridgehead atoms. The van der Waals surface area contributed by atoms with Gasteiger partial charge in [-0.3, -0.25) is 0 Å². The van der Waals surface area contributed by atoms with Crippen LogP contribution in [0.25, 0.3) is 11.4 Å². The van der Waals surface area contributed by atoms with E-state index in [2.05, 4.69) is 20.6 Å². The summed E-state index contributed by atoms with van der Waals surface area (Å²) in [6.07, 6.45) is 3.81. The fraction of sp³-hybridized carbons (Fsp3) is 0.545. The van der Waals surface area contributed by atoms with Crippen LogP contribution in [0.3, 0.4) is 0 Å². The first-order chi connectivity index (χ1) is 15.6. The maximum atomic E-state index is 8.63. The third-order valence-corrected chi connectivity index (χ3v) is 4.80. The molecule has 1 N–H and O–H groups in total. The number of aryl methyl sites for hydroxylation is 4. The van der Waals surface area contributed by atoms with Gasteiger partial charge in [-0.1, -0.05) is 5.16 Å². The van der Waals surface area contributed by atoms with E-state index in [9.17, 15) is 0 Å². The van der Waals surface area contributed by atoms with Crippen LogP contribution in [0.2, 0.25) is 0 Å². The van der Waals surface area contributed by atoms with Gasteiger partial charge in [0.25, 0.3) is 0 Å². The minimum Gasteiger partial charge on any atom is -0.493 e. The largest absolute Gasteiger partial charge is 0.493 e. The molecule has 3 aromatic rings. The molecule has 0 spiro atoms. The molecular weight excluding hydrogens is 414 g/mol. The molecule has 0 saturated heterocycles. The summed E-state index contributed by atoms with van der Waals surface area (Å²) in [6.45, 7) is 5.43. The molecule has 0 unspecified atom stereocenters. The molecule has 0 radical (unpaired) electrons. The van der Waals surface area contributed by atoms with Gasteiger partial charge in [-0.15, -0.1) is 10.2 Å². The number of aromatic nitrogens is 5. The molecule has 0 aliphatic carbocycles. The molecule has 10 nitrogen and oxygen atoms in total. The quantitative estimate of drug-likeness (QED) is 0.295. The van der Waals surface area contributed by atoms with Gasteiger partial charge in [-0.25, -0.2) is 0 Å². The van der Waals surface area contributed by atoms with Crippen LogP contribution in [-0.4, -0.2) is 57.1 Å². The Hall–Kier alpha value is -2.82. The van der Waals surface area contributed by atoms with E-state index < -0.39 is 0 Å². The number of hydrogen-bond donors (Lipinski definition) is 1. The summed E-state index contributed by atoms with van der Waals surface area (Å²) in [6, 6.07) is 5.97. The number of tetrazole rings is 1. The Bertz CT molecular complexity index is 948. The molecule has 0 aliphatic rings. The van der Waals surface area contributed by atoms with Crippen LogP contribution >= 0.6 is 0 Å². The van der Waals surface area contributed by atoms with Crippen molar-refractivity contribution in [2.45, 2.75) is 46.1 Å². The summed E-state index contributed by atoms with van der Waals surface area (Å²) in [7, 11) is 1.75. The van der Waals surface area contributed by atoms with E-state index in [1.807, 2.05) is 32.0 Å². The topological polar surface area (TPSA) is 118 Å². The molecule has 2 heterocycles. The standard InChI is InChI=1S/C22H31N5O5/c1-16-11-18(22-23-26-27(3)24-22)12-17(2)21(16)31-9-6-4-5-7-20-13-19(25-32-20)14-30-15-29-10-8-28/h11-13,28H,4-10,14-15H2,1-3H3. The van der Waals surface area contributed by atoms with Crippen LogP contribution in [0.1, 0.15) is 41.8 Å². The molecule has 0 aliphatic heterocycles. The molecule has 3 rings (SSSR count). The Morgan fingerprint density at radius 1 is 1.03 bits per heavy atom. The van der Waals surface area contributed by atoms with E-state index in [-0.39, 0.29) is 20.0 Å². The van der Waals surface area contributed by atoms with Gasteiger partial charge < -0.3 is 23.8 Å². The molecule has 2 aromatic heterocycles. The van der Waals surface area contributed by atoms with Crippen molar-refractivity contribution in [2.75, 3.05) is 26.6 Å². The highest BCUT2D eigenvalue weighted by Gasteiger charge is 2.11. The average Bonchev–Trinajstić information content (AvgIpc) is 3.41. The van der Waals surface area contributed by atoms with Crippen molar-refractivity contribution in [1.82, 2.24) is 25.4 Å². The van der Waals surface area contributed by atoms with Gasteiger partial charge in [0.2, 0.25) is 5.82 Å². The third kappa shape index (κ3) is 7.11. The molecule has 174 valence electrons. The van der Waals surface area contributed by atoms with Crippen LogP contribution in [0.5, 0.6) is 5.75 Å². The first-order valence-electron chi connectivity index (χ1n) is 10.8. The Balaban J connectivity index is 1.35. The number of rotatable bonds is 14. The second kappa shape index (κ2) is 12.3. The number of aliphatic hydroxyl groups is 1. The Morgan fingerprint density at radius 3 is 2.56 bits per heavy atom. The van der Waals surface area contributed by atoms with E-state index >= 15 is 0 Å². The van der Waals surface area contributed by atoms with Crippen LogP contribution in [0.15, 0.2) is 22.7 Å². The lowest BCUT2D eigenvalue weighted by molar-refractivity contribution is -0.0705. The van der Waals surface area contributed by atoms with E-state index in [0.29, 0.717) is 19.0 Å². The van der Waals surface area contributed by atoms with Gasteiger partial charge >= 0.3 is 0 Å². The van der Waals surface area contributed by atoms with Crippen LogP contribution in [-0.2, 0) is 29.5 Å². The molecule has 0 saturated carbocycles. The third-order valence-electron chi connectivity index (χ3n) is 4.80. The zero-order valence-corrected chi connectivity index (χ0v) is 18.9. The number of hydrogen-bond acceptors (Lipinski definition) is 9. The van der Waals surface area contributed by atoms with E-state index in [0.717, 1.165) is 59.6 Å². The number of unbranched alkanes of at least 4 members (excludes halogenated alkanes) is 2. The van der Waals surface area contributed by atoms with Gasteiger partial charge in [-0.2, -0.15) is 4.80 Å². The van der Waals surface area contributed by atoms with E-state index in [4.69, 9.17) is 23.8 Å². The first kappa shape index (κ1) is 23.8. The van der Waals surface area contributed by atoms with Crippen molar-refractivity contribution in [3.63, 3.8) is 0 Å². The molecule has 0 amide bonds. The Labute approximate surface area is 187 Å².